The average Bonchev–Trinajstić information content (AvgIpc) is 3.04. The standard InChI is InChI=1S/C14H25N3O/c1-12(2)17-11-14(10-16-17)18-9-5-3-4-8-15-13-6-7-13/h10-13,15H,3-9H2,1-2H3. The van der Waals surface area contributed by atoms with Crippen molar-refractivity contribution in [2.45, 2.75) is 58.0 Å². The number of ether oxygens (including phenoxy) is 1. The Hall–Kier alpha value is -1.03. The normalized spacial score (nSPS) is 15.3. The van der Waals surface area contributed by atoms with E-state index in [4.69, 9.17) is 4.74 Å². The molecule has 18 heavy (non-hydrogen) atoms. The Morgan fingerprint density at radius 1 is 1.39 bits per heavy atom. The molecule has 0 spiro atoms. The molecule has 1 N–H and O–H groups in total. The first kappa shape index (κ1) is 13.4. The summed E-state index contributed by atoms with van der Waals surface area (Å²) < 4.78 is 7.60. The highest BCUT2D eigenvalue weighted by atomic mass is 16.5. The predicted octanol–water partition coefficient (Wildman–Crippen LogP) is 2.77. The minimum absolute atomic E-state index is 0.399. The molecule has 1 heterocycles. The summed E-state index contributed by atoms with van der Waals surface area (Å²) in [6, 6.07) is 1.24. The Labute approximate surface area is 110 Å². The molecule has 4 nitrogen and oxygen atoms in total. The highest BCUT2D eigenvalue weighted by Crippen LogP contribution is 2.18. The molecule has 1 aliphatic carbocycles. The Balaban J connectivity index is 1.48. The van der Waals surface area contributed by atoms with E-state index in [0.29, 0.717) is 6.04 Å². The number of hydrogen-bond acceptors (Lipinski definition) is 3. The fourth-order valence-corrected chi connectivity index (χ4v) is 1.87. The van der Waals surface area contributed by atoms with E-state index in [1.54, 1.807) is 6.20 Å². The molecule has 1 aromatic heterocycles. The molecular weight excluding hydrogens is 226 g/mol. The van der Waals surface area contributed by atoms with Crippen LogP contribution in [0.25, 0.3) is 0 Å². The topological polar surface area (TPSA) is 39.1 Å². The van der Waals surface area contributed by atoms with Crippen molar-refractivity contribution in [1.82, 2.24) is 15.1 Å². The van der Waals surface area contributed by atoms with Gasteiger partial charge >= 0.3 is 0 Å². The zero-order valence-electron chi connectivity index (χ0n) is 11.6. The minimum Gasteiger partial charge on any atom is -0.490 e. The third kappa shape index (κ3) is 4.69. The maximum absolute atomic E-state index is 5.67. The van der Waals surface area contributed by atoms with E-state index in [2.05, 4.69) is 24.3 Å². The number of unbranched alkanes of at least 4 members (excludes halogenated alkanes) is 2. The molecule has 1 fully saturated rings. The fraction of sp³-hybridized carbons (Fsp3) is 0.786. The molecule has 0 aromatic carbocycles. The molecule has 102 valence electrons. The minimum atomic E-state index is 0.399. The number of aromatic nitrogens is 2. The Kier molecular flexibility index (Phi) is 5.05. The zero-order valence-corrected chi connectivity index (χ0v) is 11.6. The van der Waals surface area contributed by atoms with Gasteiger partial charge in [0.25, 0.3) is 0 Å². The van der Waals surface area contributed by atoms with Gasteiger partial charge in [-0.15, -0.1) is 0 Å². The molecule has 2 rings (SSSR count). The maximum atomic E-state index is 5.67. The molecule has 0 aliphatic heterocycles. The summed E-state index contributed by atoms with van der Waals surface area (Å²) in [4.78, 5) is 0. The Morgan fingerprint density at radius 3 is 2.89 bits per heavy atom. The molecule has 4 heteroatoms. The third-order valence-electron chi connectivity index (χ3n) is 3.21. The van der Waals surface area contributed by atoms with Crippen molar-refractivity contribution < 1.29 is 4.74 Å². The van der Waals surface area contributed by atoms with Crippen LogP contribution in [0.1, 0.15) is 52.0 Å². The van der Waals surface area contributed by atoms with Crippen molar-refractivity contribution in [3.63, 3.8) is 0 Å². The number of rotatable bonds is 9. The second-order valence-electron chi connectivity index (χ2n) is 5.39. The third-order valence-corrected chi connectivity index (χ3v) is 3.21. The maximum Gasteiger partial charge on any atom is 0.157 e. The first-order valence-corrected chi connectivity index (χ1v) is 7.16. The van der Waals surface area contributed by atoms with Gasteiger partial charge in [0.15, 0.2) is 5.75 Å². The van der Waals surface area contributed by atoms with Crippen LogP contribution < -0.4 is 10.1 Å². The molecule has 1 aliphatic rings. The molecule has 0 amide bonds. The SMILES string of the molecule is CC(C)n1cc(OCCCCCNC2CC2)cn1. The molecule has 0 saturated heterocycles. The second kappa shape index (κ2) is 6.78. The van der Waals surface area contributed by atoms with E-state index in [9.17, 15) is 0 Å². The van der Waals surface area contributed by atoms with Crippen molar-refractivity contribution >= 4 is 0 Å². The lowest BCUT2D eigenvalue weighted by atomic mass is 10.2. The van der Waals surface area contributed by atoms with Crippen LogP contribution in [0.15, 0.2) is 12.4 Å². The van der Waals surface area contributed by atoms with E-state index in [0.717, 1.165) is 31.4 Å². The van der Waals surface area contributed by atoms with Gasteiger partial charge in [-0.1, -0.05) is 0 Å². The van der Waals surface area contributed by atoms with E-state index in [1.807, 2.05) is 10.9 Å². The summed E-state index contributed by atoms with van der Waals surface area (Å²) in [7, 11) is 0. The van der Waals surface area contributed by atoms with Crippen LogP contribution in [0.5, 0.6) is 5.75 Å². The predicted molar refractivity (Wildman–Crippen MR) is 73.0 cm³/mol. The number of nitrogens with zero attached hydrogens (tertiary/aromatic N) is 2. The quantitative estimate of drug-likeness (QED) is 0.686. The summed E-state index contributed by atoms with van der Waals surface area (Å²) in [6.07, 6.45) is 10.1. The van der Waals surface area contributed by atoms with Crippen molar-refractivity contribution in [2.24, 2.45) is 0 Å². The van der Waals surface area contributed by atoms with Crippen LogP contribution in [0.4, 0.5) is 0 Å². The van der Waals surface area contributed by atoms with Crippen LogP contribution in [0, 0.1) is 0 Å². The lowest BCUT2D eigenvalue weighted by Crippen LogP contribution is -2.17. The van der Waals surface area contributed by atoms with Crippen LogP contribution in [-0.4, -0.2) is 29.0 Å². The van der Waals surface area contributed by atoms with Crippen LogP contribution in [-0.2, 0) is 0 Å². The van der Waals surface area contributed by atoms with E-state index >= 15 is 0 Å². The van der Waals surface area contributed by atoms with Gasteiger partial charge in [-0.3, -0.25) is 4.68 Å². The summed E-state index contributed by atoms with van der Waals surface area (Å²) in [6.45, 7) is 6.19. The molecule has 0 unspecified atom stereocenters. The van der Waals surface area contributed by atoms with Crippen LogP contribution >= 0.6 is 0 Å². The molecule has 1 aromatic rings. The van der Waals surface area contributed by atoms with Crippen LogP contribution in [0.2, 0.25) is 0 Å². The largest absolute Gasteiger partial charge is 0.490 e. The lowest BCUT2D eigenvalue weighted by Gasteiger charge is -2.05. The monoisotopic (exact) mass is 251 g/mol. The first-order chi connectivity index (χ1) is 8.75. The summed E-state index contributed by atoms with van der Waals surface area (Å²) in [5.41, 5.74) is 0. The Bertz CT molecular complexity index is 345. The van der Waals surface area contributed by atoms with Gasteiger partial charge in [0.1, 0.15) is 0 Å². The van der Waals surface area contributed by atoms with Crippen molar-refractivity contribution in [1.29, 1.82) is 0 Å². The van der Waals surface area contributed by atoms with Gasteiger partial charge < -0.3 is 10.1 Å². The fourth-order valence-electron chi connectivity index (χ4n) is 1.87. The number of hydrogen-bond donors (Lipinski definition) is 1. The molecule has 0 atom stereocenters. The number of nitrogens with one attached hydrogen (secondary N) is 1. The first-order valence-electron chi connectivity index (χ1n) is 7.16. The van der Waals surface area contributed by atoms with Gasteiger partial charge in [0.05, 0.1) is 19.0 Å². The second-order valence-corrected chi connectivity index (χ2v) is 5.39. The average molecular weight is 251 g/mol. The summed E-state index contributed by atoms with van der Waals surface area (Å²) in [5, 5.41) is 7.78. The van der Waals surface area contributed by atoms with Gasteiger partial charge in [-0.05, 0) is 52.5 Å². The summed E-state index contributed by atoms with van der Waals surface area (Å²) in [5.74, 6) is 0.889. The Morgan fingerprint density at radius 2 is 2.22 bits per heavy atom. The molecule has 0 radical (unpaired) electrons. The highest BCUT2D eigenvalue weighted by molar-refractivity contribution is 5.11. The van der Waals surface area contributed by atoms with Crippen LogP contribution in [0.3, 0.4) is 0 Å². The van der Waals surface area contributed by atoms with E-state index < -0.39 is 0 Å². The van der Waals surface area contributed by atoms with Gasteiger partial charge in [0, 0.05) is 12.1 Å². The lowest BCUT2D eigenvalue weighted by molar-refractivity contribution is 0.304. The summed E-state index contributed by atoms with van der Waals surface area (Å²) >= 11 is 0. The molecule has 1 saturated carbocycles. The van der Waals surface area contributed by atoms with E-state index in [1.165, 1.54) is 25.7 Å². The highest BCUT2D eigenvalue weighted by Gasteiger charge is 2.19. The van der Waals surface area contributed by atoms with Gasteiger partial charge in [-0.2, -0.15) is 5.10 Å². The van der Waals surface area contributed by atoms with Gasteiger partial charge in [-0.25, -0.2) is 0 Å². The smallest absolute Gasteiger partial charge is 0.157 e. The van der Waals surface area contributed by atoms with E-state index in [-0.39, 0.29) is 0 Å². The van der Waals surface area contributed by atoms with Crippen molar-refractivity contribution in [3.8, 4) is 5.75 Å². The zero-order chi connectivity index (χ0) is 12.8. The van der Waals surface area contributed by atoms with Crippen molar-refractivity contribution in [3.05, 3.63) is 12.4 Å². The molecule has 0 bridgehead atoms. The molecular formula is C14H25N3O. The van der Waals surface area contributed by atoms with Crippen molar-refractivity contribution in [2.75, 3.05) is 13.2 Å². The van der Waals surface area contributed by atoms with Gasteiger partial charge in [0.2, 0.25) is 0 Å².